The molecule has 0 bridgehead atoms. The maximum atomic E-state index is 12.3. The molecule has 2 aromatic heterocycles. The molecular formula is C16H18N4O3. The highest BCUT2D eigenvalue weighted by molar-refractivity contribution is 6.03. The van der Waals surface area contributed by atoms with Gasteiger partial charge in [-0.25, -0.2) is 4.98 Å². The zero-order chi connectivity index (χ0) is 16.1. The first kappa shape index (κ1) is 14.2. The van der Waals surface area contributed by atoms with Gasteiger partial charge in [0.1, 0.15) is 16.9 Å². The molecule has 3 aromatic rings. The number of β-amino-alcohol motifs (C(OH)–C–C–N with tert-alkyl or cyclic N) is 1. The predicted molar refractivity (Wildman–Crippen MR) is 87.2 cm³/mol. The van der Waals surface area contributed by atoms with Crippen molar-refractivity contribution in [2.45, 2.75) is 26.0 Å². The SMILES string of the molecule is Cc1cc2c(cc1N)oc1c(=O)[nH]c(CN3CCC(O)C3)nc12. The monoisotopic (exact) mass is 314 g/mol. The van der Waals surface area contributed by atoms with E-state index in [0.29, 0.717) is 35.7 Å². The number of benzene rings is 1. The van der Waals surface area contributed by atoms with Crippen molar-refractivity contribution < 1.29 is 9.52 Å². The zero-order valence-corrected chi connectivity index (χ0v) is 12.8. The van der Waals surface area contributed by atoms with Crippen LogP contribution in [0.25, 0.3) is 22.1 Å². The van der Waals surface area contributed by atoms with Crippen molar-refractivity contribution in [3.63, 3.8) is 0 Å². The van der Waals surface area contributed by atoms with Gasteiger partial charge in [-0.3, -0.25) is 9.69 Å². The third kappa shape index (κ3) is 2.38. The summed E-state index contributed by atoms with van der Waals surface area (Å²) in [6, 6.07) is 3.62. The minimum absolute atomic E-state index is 0.218. The van der Waals surface area contributed by atoms with Crippen LogP contribution in [0.5, 0.6) is 0 Å². The number of aliphatic hydroxyl groups excluding tert-OH is 1. The Morgan fingerprint density at radius 2 is 2.35 bits per heavy atom. The Morgan fingerprint density at radius 3 is 3.09 bits per heavy atom. The first-order valence-corrected chi connectivity index (χ1v) is 7.63. The fourth-order valence-electron chi connectivity index (χ4n) is 3.11. The summed E-state index contributed by atoms with van der Waals surface area (Å²) in [5, 5.41) is 10.4. The van der Waals surface area contributed by atoms with Gasteiger partial charge < -0.3 is 20.2 Å². The van der Waals surface area contributed by atoms with Crippen molar-refractivity contribution in [2.75, 3.05) is 18.8 Å². The molecule has 0 spiro atoms. The lowest BCUT2D eigenvalue weighted by Crippen LogP contribution is -2.24. The van der Waals surface area contributed by atoms with E-state index in [-0.39, 0.29) is 17.2 Å². The first-order valence-electron chi connectivity index (χ1n) is 7.63. The molecule has 0 amide bonds. The Balaban J connectivity index is 1.83. The number of H-pyrrole nitrogens is 1. The number of aliphatic hydroxyl groups is 1. The van der Waals surface area contributed by atoms with Crippen LogP contribution in [-0.4, -0.2) is 39.2 Å². The largest absolute Gasteiger partial charge is 0.448 e. The number of fused-ring (bicyclic) bond motifs is 3. The van der Waals surface area contributed by atoms with Gasteiger partial charge in [0.2, 0.25) is 5.58 Å². The van der Waals surface area contributed by atoms with Gasteiger partial charge >= 0.3 is 0 Å². The number of aromatic amines is 1. The molecule has 4 rings (SSSR count). The van der Waals surface area contributed by atoms with E-state index in [1.165, 1.54) is 0 Å². The van der Waals surface area contributed by atoms with Gasteiger partial charge in [-0.2, -0.15) is 0 Å². The zero-order valence-electron chi connectivity index (χ0n) is 12.8. The van der Waals surface area contributed by atoms with Gasteiger partial charge in [0.25, 0.3) is 5.56 Å². The van der Waals surface area contributed by atoms with Crippen LogP contribution < -0.4 is 11.3 Å². The minimum Gasteiger partial charge on any atom is -0.448 e. The lowest BCUT2D eigenvalue weighted by molar-refractivity contribution is 0.174. The molecule has 3 heterocycles. The highest BCUT2D eigenvalue weighted by atomic mass is 16.3. The molecule has 1 aromatic carbocycles. The van der Waals surface area contributed by atoms with E-state index in [2.05, 4.69) is 14.9 Å². The van der Waals surface area contributed by atoms with Crippen LogP contribution in [0.2, 0.25) is 0 Å². The number of hydrogen-bond acceptors (Lipinski definition) is 6. The smallest absolute Gasteiger partial charge is 0.294 e. The second-order valence-electron chi connectivity index (χ2n) is 6.17. The molecule has 7 heteroatoms. The Hall–Kier alpha value is -2.38. The number of furan rings is 1. The molecule has 1 aliphatic rings. The fourth-order valence-corrected chi connectivity index (χ4v) is 3.11. The second-order valence-corrected chi connectivity index (χ2v) is 6.17. The van der Waals surface area contributed by atoms with Crippen LogP contribution in [-0.2, 0) is 6.54 Å². The number of nitrogens with zero attached hydrogens (tertiary/aromatic N) is 2. The van der Waals surface area contributed by atoms with Crippen molar-refractivity contribution in [2.24, 2.45) is 0 Å². The average molecular weight is 314 g/mol. The Kier molecular flexibility index (Phi) is 3.14. The Labute approximate surface area is 131 Å². The summed E-state index contributed by atoms with van der Waals surface area (Å²) in [5.41, 5.74) is 8.49. The minimum atomic E-state index is -0.300. The summed E-state index contributed by atoms with van der Waals surface area (Å²) in [7, 11) is 0. The Morgan fingerprint density at radius 1 is 1.52 bits per heavy atom. The van der Waals surface area contributed by atoms with Gasteiger partial charge in [-0.1, -0.05) is 0 Å². The van der Waals surface area contributed by atoms with Crippen molar-refractivity contribution >= 4 is 27.8 Å². The summed E-state index contributed by atoms with van der Waals surface area (Å²) >= 11 is 0. The van der Waals surface area contributed by atoms with Crippen molar-refractivity contribution in [3.05, 3.63) is 33.9 Å². The summed E-state index contributed by atoms with van der Waals surface area (Å²) in [5.74, 6) is 0.578. The summed E-state index contributed by atoms with van der Waals surface area (Å²) in [4.78, 5) is 21.7. The molecule has 0 saturated carbocycles. The molecule has 0 aliphatic carbocycles. The van der Waals surface area contributed by atoms with E-state index < -0.39 is 0 Å². The molecule has 1 saturated heterocycles. The summed E-state index contributed by atoms with van der Waals surface area (Å²) < 4.78 is 5.62. The van der Waals surface area contributed by atoms with Gasteiger partial charge in [-0.15, -0.1) is 0 Å². The summed E-state index contributed by atoms with van der Waals surface area (Å²) in [6.45, 7) is 3.81. The molecule has 0 radical (unpaired) electrons. The standard InChI is InChI=1S/C16H18N4O3/c1-8-4-10-12(5-11(8)17)23-15-14(10)18-13(19-16(15)22)7-20-3-2-9(21)6-20/h4-5,9,21H,2-3,6-7,17H2,1H3,(H,18,19,22). The molecule has 23 heavy (non-hydrogen) atoms. The van der Waals surface area contributed by atoms with E-state index in [1.54, 1.807) is 6.07 Å². The van der Waals surface area contributed by atoms with Crippen molar-refractivity contribution in [1.82, 2.24) is 14.9 Å². The highest BCUT2D eigenvalue weighted by Gasteiger charge is 2.22. The first-order chi connectivity index (χ1) is 11.0. The number of likely N-dealkylation sites (tertiary alicyclic amines) is 1. The maximum Gasteiger partial charge on any atom is 0.294 e. The molecular weight excluding hydrogens is 296 g/mol. The number of nitrogen functional groups attached to an aromatic ring is 1. The van der Waals surface area contributed by atoms with E-state index in [0.717, 1.165) is 23.9 Å². The number of aromatic nitrogens is 2. The molecule has 1 aliphatic heterocycles. The third-order valence-electron chi connectivity index (χ3n) is 4.38. The highest BCUT2D eigenvalue weighted by Crippen LogP contribution is 2.29. The van der Waals surface area contributed by atoms with Crippen molar-refractivity contribution in [1.29, 1.82) is 0 Å². The number of rotatable bonds is 2. The van der Waals surface area contributed by atoms with Crippen LogP contribution in [0.4, 0.5) is 5.69 Å². The van der Waals surface area contributed by atoms with E-state index in [4.69, 9.17) is 10.2 Å². The maximum absolute atomic E-state index is 12.3. The van der Waals surface area contributed by atoms with E-state index in [9.17, 15) is 9.90 Å². The van der Waals surface area contributed by atoms with E-state index >= 15 is 0 Å². The third-order valence-corrected chi connectivity index (χ3v) is 4.38. The quantitative estimate of drug-likeness (QED) is 0.612. The molecule has 1 fully saturated rings. The number of hydrogen-bond donors (Lipinski definition) is 3. The number of aryl methyl sites for hydroxylation is 1. The molecule has 7 nitrogen and oxygen atoms in total. The van der Waals surface area contributed by atoms with E-state index in [1.807, 2.05) is 13.0 Å². The van der Waals surface area contributed by atoms with Crippen LogP contribution in [0.3, 0.4) is 0 Å². The normalized spacial score (nSPS) is 19.1. The molecule has 4 N–H and O–H groups in total. The fraction of sp³-hybridized carbons (Fsp3) is 0.375. The van der Waals surface area contributed by atoms with Gasteiger partial charge in [-0.05, 0) is 25.0 Å². The van der Waals surface area contributed by atoms with Gasteiger partial charge in [0, 0.05) is 30.2 Å². The van der Waals surface area contributed by atoms with Crippen LogP contribution in [0.1, 0.15) is 17.8 Å². The van der Waals surface area contributed by atoms with Crippen LogP contribution in [0.15, 0.2) is 21.3 Å². The lowest BCUT2D eigenvalue weighted by Gasteiger charge is -2.13. The summed E-state index contributed by atoms with van der Waals surface area (Å²) in [6.07, 6.45) is 0.449. The second kappa shape index (κ2) is 5.07. The molecule has 120 valence electrons. The number of anilines is 1. The number of nitrogens with one attached hydrogen (secondary N) is 1. The molecule has 1 unspecified atom stereocenters. The lowest BCUT2D eigenvalue weighted by atomic mass is 10.1. The number of nitrogens with two attached hydrogens (primary N) is 1. The Bertz CT molecular complexity index is 959. The average Bonchev–Trinajstić information content (AvgIpc) is 3.04. The van der Waals surface area contributed by atoms with Crippen molar-refractivity contribution in [3.8, 4) is 0 Å². The van der Waals surface area contributed by atoms with Gasteiger partial charge in [0.15, 0.2) is 0 Å². The molecule has 1 atom stereocenters. The topological polar surface area (TPSA) is 108 Å². The van der Waals surface area contributed by atoms with Gasteiger partial charge in [0.05, 0.1) is 12.6 Å². The van der Waals surface area contributed by atoms with Crippen LogP contribution in [0, 0.1) is 6.92 Å². The predicted octanol–water partition coefficient (Wildman–Crippen LogP) is 1.13. The van der Waals surface area contributed by atoms with Crippen LogP contribution >= 0.6 is 0 Å².